The van der Waals surface area contributed by atoms with E-state index in [9.17, 15) is 24.1 Å². The number of aromatic amines is 1. The topological polar surface area (TPSA) is 158 Å². The first-order valence-electron chi connectivity index (χ1n) is 10.6. The number of hydrogen-bond acceptors (Lipinski definition) is 9. The zero-order valence-corrected chi connectivity index (χ0v) is 20.3. The number of para-hydroxylation sites is 1. The Morgan fingerprint density at radius 1 is 1.15 bits per heavy atom. The van der Waals surface area contributed by atoms with Gasteiger partial charge in [0, 0.05) is 12.3 Å². The number of carbonyl (C=O) groups is 1. The Bertz CT molecular complexity index is 1080. The predicted molar refractivity (Wildman–Crippen MR) is 122 cm³/mol. The number of aliphatic hydroxyl groups excluding tert-OH is 1. The molecule has 2 aromatic rings. The van der Waals surface area contributed by atoms with Crippen LogP contribution in [0, 0.1) is 0 Å². The lowest BCUT2D eigenvalue weighted by Crippen LogP contribution is -2.38. The molecule has 4 atom stereocenters. The normalized spacial score (nSPS) is 15.8. The standard InChI is InChI=1S/C21H30N3O9P/c1-14(2)31-20(27)12-22-34(29,33-17-8-6-5-7-9-17)30-13-18(15(3)25)32-16(4)24-11-10-19(26)23-21(24)28/h5-11,14-16,18,25H,12-13H2,1-4H3,(H,22,29)(H,23,26,28)/t15-,16+,18+,34?/m0/s1. The van der Waals surface area contributed by atoms with Gasteiger partial charge in [0.05, 0.1) is 18.8 Å². The molecule has 0 aliphatic carbocycles. The zero-order valence-electron chi connectivity index (χ0n) is 19.4. The molecule has 2 rings (SSSR count). The summed E-state index contributed by atoms with van der Waals surface area (Å²) in [5, 5.41) is 12.6. The smallest absolute Gasteiger partial charge is 0.459 e. The van der Waals surface area contributed by atoms with Crippen molar-refractivity contribution >= 4 is 13.7 Å². The maximum Gasteiger partial charge on any atom is 0.459 e. The van der Waals surface area contributed by atoms with E-state index in [1.54, 1.807) is 44.2 Å². The van der Waals surface area contributed by atoms with Gasteiger partial charge in [-0.3, -0.25) is 23.7 Å². The summed E-state index contributed by atoms with van der Waals surface area (Å²) in [4.78, 5) is 37.3. The molecule has 0 saturated carbocycles. The average molecular weight is 499 g/mol. The Kier molecular flexibility index (Phi) is 10.2. The van der Waals surface area contributed by atoms with Crippen molar-refractivity contribution in [3.63, 3.8) is 0 Å². The van der Waals surface area contributed by atoms with Crippen LogP contribution in [0.4, 0.5) is 0 Å². The molecule has 1 aromatic heterocycles. The molecule has 1 aromatic carbocycles. The quantitative estimate of drug-likeness (QED) is 0.273. The molecule has 0 amide bonds. The lowest BCUT2D eigenvalue weighted by Gasteiger charge is -2.27. The number of aromatic nitrogens is 2. The van der Waals surface area contributed by atoms with E-state index in [1.165, 1.54) is 20.0 Å². The maximum atomic E-state index is 13.4. The summed E-state index contributed by atoms with van der Waals surface area (Å²) in [5.41, 5.74) is -1.27. The fourth-order valence-corrected chi connectivity index (χ4v) is 3.96. The third-order valence-corrected chi connectivity index (χ3v) is 5.80. The minimum absolute atomic E-state index is 0.221. The van der Waals surface area contributed by atoms with Crippen LogP contribution in [0.25, 0.3) is 0 Å². The summed E-state index contributed by atoms with van der Waals surface area (Å²) in [6.07, 6.45) is -2.17. The van der Waals surface area contributed by atoms with Gasteiger partial charge in [-0.15, -0.1) is 0 Å². The average Bonchev–Trinajstić information content (AvgIpc) is 2.75. The number of H-pyrrole nitrogens is 1. The second kappa shape index (κ2) is 12.6. The molecule has 0 aliphatic heterocycles. The largest absolute Gasteiger partial charge is 0.462 e. The number of rotatable bonds is 13. The number of carbonyl (C=O) groups excluding carboxylic acids is 1. The van der Waals surface area contributed by atoms with Gasteiger partial charge in [0.15, 0.2) is 0 Å². The van der Waals surface area contributed by atoms with Gasteiger partial charge >= 0.3 is 19.4 Å². The Labute approximate surface area is 196 Å². The Balaban J connectivity index is 2.13. The summed E-state index contributed by atoms with van der Waals surface area (Å²) in [5.74, 6) is -0.442. The van der Waals surface area contributed by atoms with Gasteiger partial charge in [0.25, 0.3) is 5.56 Å². The molecule has 12 nitrogen and oxygen atoms in total. The van der Waals surface area contributed by atoms with Crippen molar-refractivity contribution in [1.82, 2.24) is 14.6 Å². The van der Waals surface area contributed by atoms with Crippen molar-refractivity contribution in [2.45, 2.75) is 52.2 Å². The van der Waals surface area contributed by atoms with Crippen molar-refractivity contribution < 1.29 is 33.0 Å². The van der Waals surface area contributed by atoms with Crippen LogP contribution in [0.5, 0.6) is 5.75 Å². The molecule has 1 heterocycles. The van der Waals surface area contributed by atoms with E-state index in [-0.39, 0.29) is 11.9 Å². The third kappa shape index (κ3) is 8.88. The number of benzene rings is 1. The lowest BCUT2D eigenvalue weighted by atomic mass is 10.2. The molecular formula is C21H30N3O9P. The van der Waals surface area contributed by atoms with Gasteiger partial charge in [-0.2, -0.15) is 0 Å². The number of hydrogen-bond donors (Lipinski definition) is 3. The SMILES string of the molecule is CC(C)OC(=O)CNP(=O)(OC[C@@H](O[C@H](C)n1ccc(=O)[nH]c1=O)[C@H](C)O)Oc1ccccc1. The minimum atomic E-state index is -4.12. The molecule has 0 bridgehead atoms. The van der Waals surface area contributed by atoms with Crippen LogP contribution in [-0.4, -0.2) is 52.1 Å². The summed E-state index contributed by atoms with van der Waals surface area (Å²) in [6.45, 7) is 5.42. The summed E-state index contributed by atoms with van der Waals surface area (Å²) in [7, 11) is -4.12. The van der Waals surface area contributed by atoms with Crippen molar-refractivity contribution in [1.29, 1.82) is 0 Å². The maximum absolute atomic E-state index is 13.4. The number of nitrogens with one attached hydrogen (secondary N) is 2. The van der Waals surface area contributed by atoms with Gasteiger partial charge < -0.3 is 19.1 Å². The predicted octanol–water partition coefficient (Wildman–Crippen LogP) is 1.57. The van der Waals surface area contributed by atoms with Crippen LogP contribution in [0.3, 0.4) is 0 Å². The monoisotopic (exact) mass is 499 g/mol. The lowest BCUT2D eigenvalue weighted by molar-refractivity contribution is -0.146. The van der Waals surface area contributed by atoms with Crippen molar-refractivity contribution in [3.8, 4) is 5.75 Å². The molecule has 188 valence electrons. The number of nitrogens with zero attached hydrogens (tertiary/aromatic N) is 1. The highest BCUT2D eigenvalue weighted by Gasteiger charge is 2.31. The molecule has 0 aliphatic rings. The van der Waals surface area contributed by atoms with Crippen LogP contribution in [0.2, 0.25) is 0 Å². The van der Waals surface area contributed by atoms with E-state index in [0.29, 0.717) is 0 Å². The fourth-order valence-electron chi connectivity index (χ4n) is 2.69. The van der Waals surface area contributed by atoms with Gasteiger partial charge in [0.2, 0.25) is 0 Å². The summed E-state index contributed by atoms with van der Waals surface area (Å²) in [6, 6.07) is 9.33. The van der Waals surface area contributed by atoms with Crippen LogP contribution >= 0.6 is 7.75 Å². The molecule has 13 heteroatoms. The Morgan fingerprint density at radius 2 is 1.82 bits per heavy atom. The Morgan fingerprint density at radius 3 is 2.41 bits per heavy atom. The highest BCUT2D eigenvalue weighted by Crippen LogP contribution is 2.44. The van der Waals surface area contributed by atoms with E-state index >= 15 is 0 Å². The highest BCUT2D eigenvalue weighted by atomic mass is 31.2. The molecule has 34 heavy (non-hydrogen) atoms. The number of ether oxygens (including phenoxy) is 2. The van der Waals surface area contributed by atoms with E-state index in [1.807, 2.05) is 0 Å². The van der Waals surface area contributed by atoms with Crippen LogP contribution in [0.15, 0.2) is 52.2 Å². The molecular weight excluding hydrogens is 469 g/mol. The highest BCUT2D eigenvalue weighted by molar-refractivity contribution is 7.52. The van der Waals surface area contributed by atoms with Gasteiger partial charge in [-0.25, -0.2) is 14.4 Å². The summed E-state index contributed by atoms with van der Waals surface area (Å²) >= 11 is 0. The molecule has 0 radical (unpaired) electrons. The first kappa shape index (κ1) is 27.5. The minimum Gasteiger partial charge on any atom is -0.462 e. The molecule has 3 N–H and O–H groups in total. The van der Waals surface area contributed by atoms with Crippen LogP contribution in [-0.2, 0) is 23.4 Å². The van der Waals surface area contributed by atoms with Crippen molar-refractivity contribution in [3.05, 3.63) is 63.4 Å². The van der Waals surface area contributed by atoms with Crippen molar-refractivity contribution in [2.75, 3.05) is 13.2 Å². The number of aliphatic hydroxyl groups is 1. The third-order valence-electron chi connectivity index (χ3n) is 4.31. The van der Waals surface area contributed by atoms with E-state index < -0.39 is 56.6 Å². The van der Waals surface area contributed by atoms with Gasteiger partial charge in [-0.05, 0) is 39.8 Å². The van der Waals surface area contributed by atoms with E-state index in [0.717, 1.165) is 10.6 Å². The van der Waals surface area contributed by atoms with Crippen LogP contribution < -0.4 is 20.9 Å². The van der Waals surface area contributed by atoms with E-state index in [4.69, 9.17) is 18.5 Å². The first-order valence-corrected chi connectivity index (χ1v) is 12.1. The van der Waals surface area contributed by atoms with Crippen LogP contribution in [0.1, 0.15) is 33.9 Å². The molecule has 1 unspecified atom stereocenters. The van der Waals surface area contributed by atoms with Crippen molar-refractivity contribution in [2.24, 2.45) is 0 Å². The summed E-state index contributed by atoms with van der Waals surface area (Å²) < 4.78 is 36.2. The number of esters is 1. The Hall–Kier alpha value is -2.76. The first-order chi connectivity index (χ1) is 16.0. The zero-order chi connectivity index (χ0) is 25.3. The van der Waals surface area contributed by atoms with E-state index in [2.05, 4.69) is 10.1 Å². The molecule has 0 fully saturated rings. The second-order valence-electron chi connectivity index (χ2n) is 7.60. The second-order valence-corrected chi connectivity index (χ2v) is 9.35. The fraction of sp³-hybridized carbons (Fsp3) is 0.476. The molecule has 0 saturated heterocycles. The van der Waals surface area contributed by atoms with Gasteiger partial charge in [0.1, 0.15) is 24.6 Å². The molecule has 0 spiro atoms. The van der Waals surface area contributed by atoms with Gasteiger partial charge in [-0.1, -0.05) is 18.2 Å².